The number of rotatable bonds is 4. The van der Waals surface area contributed by atoms with Crippen LogP contribution in [0.2, 0.25) is 5.02 Å². The van der Waals surface area contributed by atoms with Crippen LogP contribution in [-0.2, 0) is 10.0 Å². The first kappa shape index (κ1) is 17.5. The first-order valence-electron chi connectivity index (χ1n) is 6.82. The van der Waals surface area contributed by atoms with E-state index >= 15 is 0 Å². The van der Waals surface area contributed by atoms with Crippen molar-refractivity contribution in [3.05, 3.63) is 58.6 Å². The standard InChI is InChI=1S/C16H17ClN2O3S/c1-11-4-9-14(23(21,22)19(2)3)10-15(11)16(20)18-13-7-5-12(17)6-8-13/h4-10H,1-3H3,(H,18,20). The van der Waals surface area contributed by atoms with Crippen LogP contribution in [0.25, 0.3) is 0 Å². The Hall–Kier alpha value is -1.89. The summed E-state index contributed by atoms with van der Waals surface area (Å²) in [6.07, 6.45) is 0. The van der Waals surface area contributed by atoms with Crippen LogP contribution in [0.4, 0.5) is 5.69 Å². The molecule has 7 heteroatoms. The minimum absolute atomic E-state index is 0.0781. The molecule has 5 nitrogen and oxygen atoms in total. The van der Waals surface area contributed by atoms with Crippen molar-refractivity contribution in [1.82, 2.24) is 4.31 Å². The van der Waals surface area contributed by atoms with Crippen LogP contribution in [-0.4, -0.2) is 32.7 Å². The Morgan fingerprint density at radius 3 is 2.26 bits per heavy atom. The second-order valence-corrected chi connectivity index (χ2v) is 7.81. The predicted octanol–water partition coefficient (Wildman–Crippen LogP) is 3.15. The fraction of sp³-hybridized carbons (Fsp3) is 0.188. The van der Waals surface area contributed by atoms with E-state index in [1.165, 1.54) is 26.2 Å². The molecule has 0 aliphatic rings. The molecule has 1 amide bonds. The first-order chi connectivity index (χ1) is 10.7. The van der Waals surface area contributed by atoms with Crippen molar-refractivity contribution in [2.24, 2.45) is 0 Å². The molecule has 1 N–H and O–H groups in total. The highest BCUT2D eigenvalue weighted by Gasteiger charge is 2.20. The minimum Gasteiger partial charge on any atom is -0.322 e. The molecule has 2 rings (SSSR count). The summed E-state index contributed by atoms with van der Waals surface area (Å²) in [6.45, 7) is 1.75. The lowest BCUT2D eigenvalue weighted by molar-refractivity contribution is 0.102. The summed E-state index contributed by atoms with van der Waals surface area (Å²) in [7, 11) is -0.698. The van der Waals surface area contributed by atoms with Crippen LogP contribution in [0, 0.1) is 6.92 Å². The molecule has 2 aromatic carbocycles. The summed E-state index contributed by atoms with van der Waals surface area (Å²) >= 11 is 5.81. The summed E-state index contributed by atoms with van der Waals surface area (Å²) in [5.41, 5.74) is 1.58. The maximum Gasteiger partial charge on any atom is 0.255 e. The van der Waals surface area contributed by atoms with Gasteiger partial charge in [-0.05, 0) is 48.9 Å². The number of hydrogen-bond donors (Lipinski definition) is 1. The van der Waals surface area contributed by atoms with Crippen LogP contribution in [0.5, 0.6) is 0 Å². The fourth-order valence-electron chi connectivity index (χ4n) is 1.95. The van der Waals surface area contributed by atoms with E-state index in [0.29, 0.717) is 21.8 Å². The SMILES string of the molecule is Cc1ccc(S(=O)(=O)N(C)C)cc1C(=O)Nc1ccc(Cl)cc1. The number of halogens is 1. The number of nitrogens with zero attached hydrogens (tertiary/aromatic N) is 1. The number of anilines is 1. The van der Waals surface area contributed by atoms with Gasteiger partial charge in [0.25, 0.3) is 5.91 Å². The maximum atomic E-state index is 12.4. The number of carbonyl (C=O) groups is 1. The molecule has 0 atom stereocenters. The maximum absolute atomic E-state index is 12.4. The third kappa shape index (κ3) is 3.90. The number of carbonyl (C=O) groups excluding carboxylic acids is 1. The van der Waals surface area contributed by atoms with Gasteiger partial charge in [-0.25, -0.2) is 12.7 Å². The number of benzene rings is 2. The van der Waals surface area contributed by atoms with Crippen molar-refractivity contribution >= 4 is 33.2 Å². The Kier molecular flexibility index (Phi) is 5.09. The molecule has 0 bridgehead atoms. The third-order valence-corrected chi connectivity index (χ3v) is 5.40. The molecular formula is C16H17ClN2O3S. The molecule has 0 aliphatic carbocycles. The van der Waals surface area contributed by atoms with Gasteiger partial charge in [0, 0.05) is 30.4 Å². The lowest BCUT2D eigenvalue weighted by Gasteiger charge is -2.14. The number of nitrogens with one attached hydrogen (secondary N) is 1. The van der Waals surface area contributed by atoms with Gasteiger partial charge in [0.05, 0.1) is 4.90 Å². The van der Waals surface area contributed by atoms with Gasteiger partial charge in [-0.2, -0.15) is 0 Å². The summed E-state index contributed by atoms with van der Waals surface area (Å²) in [5, 5.41) is 3.30. The number of aryl methyl sites for hydroxylation is 1. The number of hydrogen-bond acceptors (Lipinski definition) is 3. The van der Waals surface area contributed by atoms with E-state index in [4.69, 9.17) is 11.6 Å². The zero-order chi connectivity index (χ0) is 17.2. The van der Waals surface area contributed by atoms with Gasteiger partial charge in [-0.1, -0.05) is 17.7 Å². The van der Waals surface area contributed by atoms with Crippen molar-refractivity contribution in [2.75, 3.05) is 19.4 Å². The molecule has 0 spiro atoms. The topological polar surface area (TPSA) is 66.5 Å². The highest BCUT2D eigenvalue weighted by molar-refractivity contribution is 7.89. The Morgan fingerprint density at radius 1 is 1.09 bits per heavy atom. The number of sulfonamides is 1. The lowest BCUT2D eigenvalue weighted by atomic mass is 10.1. The normalized spacial score (nSPS) is 11.5. The van der Waals surface area contributed by atoms with Crippen molar-refractivity contribution in [2.45, 2.75) is 11.8 Å². The zero-order valence-electron chi connectivity index (χ0n) is 13.0. The molecule has 2 aromatic rings. The quantitative estimate of drug-likeness (QED) is 0.919. The van der Waals surface area contributed by atoms with E-state index in [-0.39, 0.29) is 10.8 Å². The first-order valence-corrected chi connectivity index (χ1v) is 8.63. The second-order valence-electron chi connectivity index (χ2n) is 5.23. The van der Waals surface area contributed by atoms with E-state index < -0.39 is 10.0 Å². The highest BCUT2D eigenvalue weighted by atomic mass is 35.5. The number of amides is 1. The van der Waals surface area contributed by atoms with Crippen LogP contribution in [0.1, 0.15) is 15.9 Å². The highest BCUT2D eigenvalue weighted by Crippen LogP contribution is 2.20. The van der Waals surface area contributed by atoms with E-state index in [9.17, 15) is 13.2 Å². The molecule has 0 saturated carbocycles. The smallest absolute Gasteiger partial charge is 0.255 e. The van der Waals surface area contributed by atoms with Crippen LogP contribution >= 0.6 is 11.6 Å². The third-order valence-electron chi connectivity index (χ3n) is 3.33. The summed E-state index contributed by atoms with van der Waals surface area (Å²) in [5.74, 6) is -0.374. The average molecular weight is 353 g/mol. The van der Waals surface area contributed by atoms with Crippen molar-refractivity contribution in [1.29, 1.82) is 0 Å². The van der Waals surface area contributed by atoms with E-state index in [1.54, 1.807) is 37.3 Å². The van der Waals surface area contributed by atoms with Gasteiger partial charge < -0.3 is 5.32 Å². The average Bonchev–Trinajstić information content (AvgIpc) is 2.49. The monoisotopic (exact) mass is 352 g/mol. The molecule has 0 aliphatic heterocycles. The van der Waals surface area contributed by atoms with Gasteiger partial charge in [-0.3, -0.25) is 4.79 Å². The van der Waals surface area contributed by atoms with Crippen molar-refractivity contribution in [3.8, 4) is 0 Å². The Bertz CT molecular complexity index is 831. The predicted molar refractivity (Wildman–Crippen MR) is 91.5 cm³/mol. The van der Waals surface area contributed by atoms with Gasteiger partial charge in [0.15, 0.2) is 0 Å². The Balaban J connectivity index is 2.35. The minimum atomic E-state index is -3.59. The molecule has 0 unspecified atom stereocenters. The molecule has 0 heterocycles. The van der Waals surface area contributed by atoms with E-state index in [1.807, 2.05) is 0 Å². The molecule has 0 fully saturated rings. The van der Waals surface area contributed by atoms with Crippen LogP contribution in [0.15, 0.2) is 47.4 Å². The van der Waals surface area contributed by atoms with Crippen LogP contribution in [0.3, 0.4) is 0 Å². The zero-order valence-corrected chi connectivity index (χ0v) is 14.6. The van der Waals surface area contributed by atoms with Crippen molar-refractivity contribution < 1.29 is 13.2 Å². The Morgan fingerprint density at radius 2 is 1.70 bits per heavy atom. The summed E-state index contributed by atoms with van der Waals surface area (Å²) in [4.78, 5) is 12.5. The molecular weight excluding hydrogens is 336 g/mol. The van der Waals surface area contributed by atoms with Crippen molar-refractivity contribution in [3.63, 3.8) is 0 Å². The van der Waals surface area contributed by atoms with Gasteiger partial charge in [0.2, 0.25) is 10.0 Å². The lowest BCUT2D eigenvalue weighted by Crippen LogP contribution is -2.23. The Labute approximate surface area is 140 Å². The fourth-order valence-corrected chi connectivity index (χ4v) is 3.00. The van der Waals surface area contributed by atoms with Gasteiger partial charge in [0.1, 0.15) is 0 Å². The van der Waals surface area contributed by atoms with E-state index in [0.717, 1.165) is 4.31 Å². The molecule has 122 valence electrons. The second kappa shape index (κ2) is 6.70. The molecule has 0 aromatic heterocycles. The molecule has 0 saturated heterocycles. The van der Waals surface area contributed by atoms with Crippen LogP contribution < -0.4 is 5.32 Å². The molecule has 0 radical (unpaired) electrons. The van der Waals surface area contributed by atoms with Gasteiger partial charge in [-0.15, -0.1) is 0 Å². The summed E-state index contributed by atoms with van der Waals surface area (Å²) < 4.78 is 25.5. The van der Waals surface area contributed by atoms with E-state index in [2.05, 4.69) is 5.32 Å². The molecule has 23 heavy (non-hydrogen) atoms. The summed E-state index contributed by atoms with van der Waals surface area (Å²) in [6, 6.07) is 11.2. The van der Waals surface area contributed by atoms with Gasteiger partial charge >= 0.3 is 0 Å². The largest absolute Gasteiger partial charge is 0.322 e.